The number of aliphatic imine (C=N–C) groups is 1. The largest absolute Gasteiger partial charge is 0.466 e. The number of carbonyl (C=O) groups is 1. The van der Waals surface area contributed by atoms with Crippen LogP contribution in [0.25, 0.3) is 0 Å². The number of hydrogen-bond donors (Lipinski definition) is 1. The number of carbonyl (C=O) groups excluding carboxylic acids is 1. The zero-order valence-electron chi connectivity index (χ0n) is 15.7. The number of piperidine rings is 1. The summed E-state index contributed by atoms with van der Waals surface area (Å²) < 4.78 is 16.4. The van der Waals surface area contributed by atoms with Gasteiger partial charge in [0.25, 0.3) is 0 Å². The molecular formula is C18H33N3O4. The molecule has 0 saturated carbocycles. The summed E-state index contributed by atoms with van der Waals surface area (Å²) in [6.07, 6.45) is 5.16. The molecular weight excluding hydrogens is 322 g/mol. The number of guanidine groups is 1. The fraction of sp³-hybridized carbons (Fsp3) is 0.889. The van der Waals surface area contributed by atoms with Gasteiger partial charge in [0.1, 0.15) is 0 Å². The lowest BCUT2D eigenvalue weighted by atomic mass is 9.98. The van der Waals surface area contributed by atoms with Crippen LogP contribution in [-0.4, -0.2) is 76.0 Å². The average molecular weight is 355 g/mol. The Kier molecular flexibility index (Phi) is 9.04. The van der Waals surface area contributed by atoms with Crippen LogP contribution >= 0.6 is 0 Å². The zero-order valence-corrected chi connectivity index (χ0v) is 15.7. The van der Waals surface area contributed by atoms with Gasteiger partial charge >= 0.3 is 5.97 Å². The van der Waals surface area contributed by atoms with Gasteiger partial charge < -0.3 is 24.4 Å². The average Bonchev–Trinajstić information content (AvgIpc) is 2.66. The van der Waals surface area contributed by atoms with Crippen LogP contribution < -0.4 is 5.32 Å². The van der Waals surface area contributed by atoms with Crippen LogP contribution in [-0.2, 0) is 19.0 Å². The van der Waals surface area contributed by atoms with E-state index in [1.165, 1.54) is 0 Å². The van der Waals surface area contributed by atoms with Crippen LogP contribution in [0.15, 0.2) is 4.99 Å². The minimum atomic E-state index is -0.0903. The second-order valence-corrected chi connectivity index (χ2v) is 6.55. The van der Waals surface area contributed by atoms with Crippen molar-refractivity contribution in [3.8, 4) is 0 Å². The highest BCUT2D eigenvalue weighted by molar-refractivity contribution is 5.81. The van der Waals surface area contributed by atoms with Gasteiger partial charge in [-0.2, -0.15) is 0 Å². The highest BCUT2D eigenvalue weighted by atomic mass is 16.5. The molecule has 25 heavy (non-hydrogen) atoms. The molecule has 0 amide bonds. The summed E-state index contributed by atoms with van der Waals surface area (Å²) >= 11 is 0. The van der Waals surface area contributed by atoms with Gasteiger partial charge in [0, 0.05) is 46.5 Å². The molecule has 7 nitrogen and oxygen atoms in total. The van der Waals surface area contributed by atoms with Crippen LogP contribution in [0.2, 0.25) is 0 Å². The Bertz CT molecular complexity index is 425. The maximum absolute atomic E-state index is 12.0. The van der Waals surface area contributed by atoms with Gasteiger partial charge in [-0.1, -0.05) is 0 Å². The van der Waals surface area contributed by atoms with Crippen molar-refractivity contribution in [3.05, 3.63) is 0 Å². The Hall–Kier alpha value is -1.34. The van der Waals surface area contributed by atoms with Gasteiger partial charge in [0.15, 0.2) is 5.96 Å². The Balaban J connectivity index is 1.66. The zero-order chi connectivity index (χ0) is 17.9. The van der Waals surface area contributed by atoms with E-state index in [1.807, 2.05) is 6.92 Å². The summed E-state index contributed by atoms with van der Waals surface area (Å²) in [7, 11) is 1.79. The summed E-state index contributed by atoms with van der Waals surface area (Å²) in [4.78, 5) is 18.5. The molecule has 2 heterocycles. The molecule has 0 radical (unpaired) electrons. The molecule has 0 bridgehead atoms. The summed E-state index contributed by atoms with van der Waals surface area (Å²) in [5.74, 6) is 0.719. The molecule has 7 heteroatoms. The van der Waals surface area contributed by atoms with Crippen LogP contribution in [0.3, 0.4) is 0 Å². The van der Waals surface area contributed by atoms with E-state index in [0.717, 1.165) is 71.0 Å². The minimum Gasteiger partial charge on any atom is -0.466 e. The van der Waals surface area contributed by atoms with Crippen LogP contribution in [0.1, 0.15) is 39.0 Å². The van der Waals surface area contributed by atoms with Crippen molar-refractivity contribution in [3.63, 3.8) is 0 Å². The van der Waals surface area contributed by atoms with E-state index < -0.39 is 0 Å². The lowest BCUT2D eigenvalue weighted by Gasteiger charge is -2.34. The quantitative estimate of drug-likeness (QED) is 0.322. The molecule has 0 aromatic heterocycles. The van der Waals surface area contributed by atoms with Gasteiger partial charge in [-0.25, -0.2) is 0 Å². The van der Waals surface area contributed by atoms with Crippen molar-refractivity contribution in [1.29, 1.82) is 0 Å². The van der Waals surface area contributed by atoms with E-state index in [4.69, 9.17) is 14.2 Å². The maximum atomic E-state index is 12.0. The van der Waals surface area contributed by atoms with Crippen LogP contribution in [0.5, 0.6) is 0 Å². The van der Waals surface area contributed by atoms with Crippen molar-refractivity contribution in [2.45, 2.75) is 45.1 Å². The topological polar surface area (TPSA) is 72.4 Å². The molecule has 0 aromatic rings. The summed E-state index contributed by atoms with van der Waals surface area (Å²) in [5, 5.41) is 3.39. The van der Waals surface area contributed by atoms with Crippen molar-refractivity contribution >= 4 is 11.9 Å². The monoisotopic (exact) mass is 355 g/mol. The lowest BCUT2D eigenvalue weighted by molar-refractivity contribution is -0.149. The van der Waals surface area contributed by atoms with E-state index in [9.17, 15) is 4.79 Å². The highest BCUT2D eigenvalue weighted by Gasteiger charge is 2.28. The van der Waals surface area contributed by atoms with Crippen LogP contribution in [0, 0.1) is 5.92 Å². The molecule has 1 N–H and O–H groups in total. The molecule has 2 fully saturated rings. The minimum absolute atomic E-state index is 0.0518. The number of rotatable bonds is 7. The van der Waals surface area contributed by atoms with Gasteiger partial charge in [-0.15, -0.1) is 0 Å². The molecule has 2 saturated heterocycles. The molecule has 2 aliphatic heterocycles. The fourth-order valence-corrected chi connectivity index (χ4v) is 3.32. The molecule has 0 aliphatic carbocycles. The number of nitrogens with zero attached hydrogens (tertiary/aromatic N) is 2. The van der Waals surface area contributed by atoms with Crippen molar-refractivity contribution in [2.75, 3.05) is 53.1 Å². The van der Waals surface area contributed by atoms with Crippen molar-refractivity contribution < 1.29 is 19.0 Å². The molecule has 1 atom stereocenters. The number of likely N-dealkylation sites (tertiary alicyclic amines) is 1. The maximum Gasteiger partial charge on any atom is 0.310 e. The number of nitrogens with one attached hydrogen (secondary N) is 1. The molecule has 2 rings (SSSR count). The molecule has 2 aliphatic rings. The molecule has 144 valence electrons. The summed E-state index contributed by atoms with van der Waals surface area (Å²) in [6.45, 7) is 7.08. The molecule has 0 aromatic carbocycles. The number of ether oxygens (including phenoxy) is 3. The van der Waals surface area contributed by atoms with E-state index >= 15 is 0 Å². The van der Waals surface area contributed by atoms with E-state index in [0.29, 0.717) is 19.3 Å². The normalized spacial score (nSPS) is 22.7. The Labute approximate surface area is 151 Å². The first-order valence-electron chi connectivity index (χ1n) is 9.56. The van der Waals surface area contributed by atoms with E-state index in [-0.39, 0.29) is 11.9 Å². The van der Waals surface area contributed by atoms with Gasteiger partial charge in [0.05, 0.1) is 18.6 Å². The van der Waals surface area contributed by atoms with Gasteiger partial charge in [0.2, 0.25) is 0 Å². The van der Waals surface area contributed by atoms with Crippen LogP contribution in [0.4, 0.5) is 0 Å². The number of esters is 1. The van der Waals surface area contributed by atoms with Crippen molar-refractivity contribution in [1.82, 2.24) is 10.2 Å². The van der Waals surface area contributed by atoms with E-state index in [1.54, 1.807) is 7.05 Å². The Morgan fingerprint density at radius 3 is 2.84 bits per heavy atom. The fourth-order valence-electron chi connectivity index (χ4n) is 3.32. The standard InChI is InChI=1S/C18H33N3O4/c1-3-24-17(22)15-6-4-10-21(14-15)18(19-2)20-9-5-11-25-16-7-12-23-13-8-16/h15-16H,3-14H2,1-2H3,(H,19,20). The Morgan fingerprint density at radius 1 is 1.32 bits per heavy atom. The first kappa shape index (κ1) is 20.0. The Morgan fingerprint density at radius 2 is 2.12 bits per heavy atom. The third-order valence-electron chi connectivity index (χ3n) is 4.68. The van der Waals surface area contributed by atoms with E-state index in [2.05, 4.69) is 15.2 Å². The van der Waals surface area contributed by atoms with Gasteiger partial charge in [-0.3, -0.25) is 9.79 Å². The summed E-state index contributed by atoms with van der Waals surface area (Å²) in [6, 6.07) is 0. The lowest BCUT2D eigenvalue weighted by Crippen LogP contribution is -2.48. The second kappa shape index (κ2) is 11.3. The third-order valence-corrected chi connectivity index (χ3v) is 4.68. The van der Waals surface area contributed by atoms with Crippen molar-refractivity contribution in [2.24, 2.45) is 10.9 Å². The SMILES string of the molecule is CCOC(=O)C1CCCN(C(=NC)NCCCOC2CCOCC2)C1. The summed E-state index contributed by atoms with van der Waals surface area (Å²) in [5.41, 5.74) is 0. The number of hydrogen-bond acceptors (Lipinski definition) is 5. The second-order valence-electron chi connectivity index (χ2n) is 6.55. The predicted octanol–water partition coefficient (Wildman–Crippen LogP) is 1.42. The predicted molar refractivity (Wildman–Crippen MR) is 96.7 cm³/mol. The smallest absolute Gasteiger partial charge is 0.310 e. The molecule has 0 spiro atoms. The third kappa shape index (κ3) is 6.82. The highest BCUT2D eigenvalue weighted by Crippen LogP contribution is 2.18. The first-order valence-corrected chi connectivity index (χ1v) is 9.56. The van der Waals surface area contributed by atoms with Gasteiger partial charge in [-0.05, 0) is 39.0 Å². The first-order chi connectivity index (χ1) is 12.2. The molecule has 1 unspecified atom stereocenters.